The molecule has 0 atom stereocenters. The number of Topliss-reactive ketones (excluding diaryl/α,β-unsaturated/α-hetero) is 1. The monoisotopic (exact) mass is 450 g/mol. The average molecular weight is 452 g/mol. The summed E-state index contributed by atoms with van der Waals surface area (Å²) in [5.74, 6) is 0.137. The van der Waals surface area contributed by atoms with E-state index in [1.165, 1.54) is 0 Å². The van der Waals surface area contributed by atoms with Crippen molar-refractivity contribution < 1.29 is 9.90 Å². The number of nitrogens with zero attached hydrogens (tertiary/aromatic N) is 2. The predicted octanol–water partition coefficient (Wildman–Crippen LogP) is 5.31. The Hall–Kier alpha value is -1.66. The summed E-state index contributed by atoms with van der Waals surface area (Å²) in [6.07, 6.45) is 0.693. The lowest BCUT2D eigenvalue weighted by Gasteiger charge is -2.13. The van der Waals surface area contributed by atoms with Gasteiger partial charge in [-0.1, -0.05) is 13.0 Å². The fraction of sp³-hybridized carbons (Fsp3) is 0.222. The van der Waals surface area contributed by atoms with E-state index in [0.29, 0.717) is 21.1 Å². The molecule has 24 heavy (non-hydrogen) atoms. The van der Waals surface area contributed by atoms with E-state index < -0.39 is 0 Å². The Balaban J connectivity index is 2.46. The second-order valence-electron chi connectivity index (χ2n) is 5.66. The smallest absolute Gasteiger partial charge is 0.178 e. The maximum Gasteiger partial charge on any atom is 0.178 e. The first-order valence-corrected chi connectivity index (χ1v) is 9.14. The maximum atomic E-state index is 12.3. The Morgan fingerprint density at radius 1 is 1.25 bits per heavy atom. The van der Waals surface area contributed by atoms with Gasteiger partial charge in [0, 0.05) is 12.5 Å². The molecule has 0 spiro atoms. The summed E-state index contributed by atoms with van der Waals surface area (Å²) < 4.78 is 3.09. The van der Waals surface area contributed by atoms with Gasteiger partial charge in [-0.15, -0.1) is 0 Å². The van der Waals surface area contributed by atoms with Crippen LogP contribution in [0.3, 0.4) is 0 Å². The number of hydrogen-bond donors (Lipinski definition) is 1. The van der Waals surface area contributed by atoms with Crippen molar-refractivity contribution in [2.45, 2.75) is 27.2 Å². The Labute approximate surface area is 156 Å². The van der Waals surface area contributed by atoms with Crippen LogP contribution in [-0.4, -0.2) is 20.3 Å². The van der Waals surface area contributed by atoms with E-state index >= 15 is 0 Å². The number of pyridine rings is 1. The lowest BCUT2D eigenvalue weighted by molar-refractivity contribution is 0.101. The molecule has 2 aromatic heterocycles. The van der Waals surface area contributed by atoms with Crippen LogP contribution in [0, 0.1) is 6.92 Å². The van der Waals surface area contributed by atoms with Crippen molar-refractivity contribution >= 4 is 43.3 Å². The number of rotatable bonds is 3. The molecule has 0 saturated carbocycles. The number of aromatic nitrogens is 2. The first-order chi connectivity index (χ1) is 11.3. The Morgan fingerprint density at radius 2 is 1.88 bits per heavy atom. The highest BCUT2D eigenvalue weighted by Crippen LogP contribution is 2.38. The maximum absolute atomic E-state index is 12.3. The zero-order valence-corrected chi connectivity index (χ0v) is 16.7. The van der Waals surface area contributed by atoms with Gasteiger partial charge in [-0.3, -0.25) is 9.20 Å². The molecule has 124 valence electrons. The summed E-state index contributed by atoms with van der Waals surface area (Å²) in [5.41, 5.74) is 4.97. The van der Waals surface area contributed by atoms with Gasteiger partial charge < -0.3 is 5.11 Å². The number of phenols is 1. The minimum absolute atomic E-state index is 0.0110. The topological polar surface area (TPSA) is 54.6 Å². The van der Waals surface area contributed by atoms with Crippen molar-refractivity contribution in [3.8, 4) is 17.0 Å². The van der Waals surface area contributed by atoms with Gasteiger partial charge in [-0.05, 0) is 69.0 Å². The molecule has 1 aromatic carbocycles. The SMILES string of the molecule is CCc1nc2ccc(C)c(-c3cc(Br)c(O)c(Br)c3)n2c1C(C)=O. The summed E-state index contributed by atoms with van der Waals surface area (Å²) >= 11 is 6.75. The molecule has 3 rings (SSSR count). The molecule has 0 aliphatic heterocycles. The van der Waals surface area contributed by atoms with E-state index in [4.69, 9.17) is 0 Å². The summed E-state index contributed by atoms with van der Waals surface area (Å²) in [6.45, 7) is 5.56. The van der Waals surface area contributed by atoms with Gasteiger partial charge in [-0.2, -0.15) is 0 Å². The van der Waals surface area contributed by atoms with Crippen LogP contribution in [0.25, 0.3) is 16.9 Å². The number of fused-ring (bicyclic) bond motifs is 1. The number of ketones is 1. The van der Waals surface area contributed by atoms with E-state index in [2.05, 4.69) is 36.8 Å². The number of aromatic hydroxyl groups is 1. The summed E-state index contributed by atoms with van der Waals surface area (Å²) in [7, 11) is 0. The van der Waals surface area contributed by atoms with Crippen molar-refractivity contribution in [1.29, 1.82) is 0 Å². The van der Waals surface area contributed by atoms with E-state index in [1.54, 1.807) is 6.92 Å². The van der Waals surface area contributed by atoms with Crippen molar-refractivity contribution in [2.75, 3.05) is 0 Å². The molecule has 0 unspecified atom stereocenters. The number of phenolic OH excluding ortho intramolecular Hbond substituents is 1. The molecule has 0 amide bonds. The van der Waals surface area contributed by atoms with Gasteiger partial charge in [0.05, 0.1) is 20.3 Å². The first kappa shape index (κ1) is 17.2. The average Bonchev–Trinajstić information content (AvgIpc) is 2.90. The summed E-state index contributed by atoms with van der Waals surface area (Å²) in [5, 5.41) is 9.98. The highest BCUT2D eigenvalue weighted by atomic mass is 79.9. The minimum atomic E-state index is -0.0110. The van der Waals surface area contributed by atoms with Gasteiger partial charge in [0.15, 0.2) is 5.78 Å². The number of imidazole rings is 1. The standard InChI is InChI=1S/C18H16Br2N2O2/c1-4-14-17(10(3)23)22-15(21-14)6-5-9(2)16(22)11-7-12(19)18(24)13(20)8-11/h5-8,24H,4H2,1-3H3. The molecule has 0 bridgehead atoms. The highest BCUT2D eigenvalue weighted by molar-refractivity contribution is 9.11. The van der Waals surface area contributed by atoms with Gasteiger partial charge in [-0.25, -0.2) is 4.98 Å². The van der Waals surface area contributed by atoms with E-state index in [-0.39, 0.29) is 11.5 Å². The lowest BCUT2D eigenvalue weighted by atomic mass is 10.1. The van der Waals surface area contributed by atoms with Crippen LogP contribution in [0.1, 0.15) is 35.6 Å². The molecule has 3 aromatic rings. The number of aryl methyl sites for hydroxylation is 2. The first-order valence-electron chi connectivity index (χ1n) is 7.55. The third-order valence-electron chi connectivity index (χ3n) is 4.01. The number of carbonyl (C=O) groups is 1. The van der Waals surface area contributed by atoms with Crippen molar-refractivity contribution in [2.24, 2.45) is 0 Å². The lowest BCUT2D eigenvalue weighted by Crippen LogP contribution is -2.05. The second kappa shape index (κ2) is 6.33. The Bertz CT molecular complexity index is 954. The molecule has 2 heterocycles. The molecule has 0 aliphatic rings. The van der Waals surface area contributed by atoms with Gasteiger partial charge >= 0.3 is 0 Å². The zero-order valence-electron chi connectivity index (χ0n) is 13.5. The molecular weight excluding hydrogens is 436 g/mol. The minimum Gasteiger partial charge on any atom is -0.506 e. The van der Waals surface area contributed by atoms with Crippen molar-refractivity contribution in [3.63, 3.8) is 0 Å². The second-order valence-corrected chi connectivity index (χ2v) is 7.37. The van der Waals surface area contributed by atoms with Crippen LogP contribution < -0.4 is 0 Å². The molecule has 0 saturated heterocycles. The van der Waals surface area contributed by atoms with Crippen LogP contribution in [0.5, 0.6) is 5.75 Å². The van der Waals surface area contributed by atoms with Crippen LogP contribution in [0.2, 0.25) is 0 Å². The normalized spacial score (nSPS) is 11.2. The van der Waals surface area contributed by atoms with E-state index in [1.807, 2.05) is 42.5 Å². The number of hydrogen-bond acceptors (Lipinski definition) is 3. The molecule has 0 aliphatic carbocycles. The number of halogens is 2. The third kappa shape index (κ3) is 2.67. The molecule has 0 fully saturated rings. The fourth-order valence-corrected chi connectivity index (χ4v) is 4.13. The van der Waals surface area contributed by atoms with Crippen LogP contribution in [0.4, 0.5) is 0 Å². The van der Waals surface area contributed by atoms with Gasteiger partial charge in [0.2, 0.25) is 0 Å². The van der Waals surface area contributed by atoms with E-state index in [9.17, 15) is 9.90 Å². The highest BCUT2D eigenvalue weighted by Gasteiger charge is 2.20. The molecule has 6 heteroatoms. The quantitative estimate of drug-likeness (QED) is 0.549. The zero-order chi connectivity index (χ0) is 17.6. The largest absolute Gasteiger partial charge is 0.506 e. The van der Waals surface area contributed by atoms with Gasteiger partial charge in [0.1, 0.15) is 17.1 Å². The van der Waals surface area contributed by atoms with Crippen molar-refractivity contribution in [1.82, 2.24) is 9.38 Å². The summed E-state index contributed by atoms with van der Waals surface area (Å²) in [4.78, 5) is 16.9. The van der Waals surface area contributed by atoms with Gasteiger partial charge in [0.25, 0.3) is 0 Å². The van der Waals surface area contributed by atoms with Crippen LogP contribution in [0.15, 0.2) is 33.2 Å². The molecule has 1 N–H and O–H groups in total. The summed E-state index contributed by atoms with van der Waals surface area (Å²) in [6, 6.07) is 7.61. The fourth-order valence-electron chi connectivity index (χ4n) is 2.94. The van der Waals surface area contributed by atoms with Crippen LogP contribution >= 0.6 is 31.9 Å². The number of carbonyl (C=O) groups excluding carboxylic acids is 1. The number of benzene rings is 1. The van der Waals surface area contributed by atoms with E-state index in [0.717, 1.165) is 28.2 Å². The molecule has 4 nitrogen and oxygen atoms in total. The Morgan fingerprint density at radius 3 is 2.42 bits per heavy atom. The van der Waals surface area contributed by atoms with Crippen LogP contribution in [-0.2, 0) is 6.42 Å². The predicted molar refractivity (Wildman–Crippen MR) is 102 cm³/mol. The molecule has 0 radical (unpaired) electrons. The Kier molecular flexibility index (Phi) is 4.53. The van der Waals surface area contributed by atoms with Crippen molar-refractivity contribution in [3.05, 3.63) is 50.2 Å². The molecular formula is C18H16Br2N2O2. The third-order valence-corrected chi connectivity index (χ3v) is 5.22.